The Bertz CT molecular complexity index is 896. The van der Waals surface area contributed by atoms with E-state index in [4.69, 9.17) is 4.74 Å². The first-order chi connectivity index (χ1) is 13.1. The molecule has 1 aromatic heterocycles. The summed E-state index contributed by atoms with van der Waals surface area (Å²) >= 11 is 1.50. The predicted molar refractivity (Wildman–Crippen MR) is 103 cm³/mol. The number of benzene rings is 1. The lowest BCUT2D eigenvalue weighted by Crippen LogP contribution is -2.36. The number of hydrogen-bond donors (Lipinski definition) is 1. The van der Waals surface area contributed by atoms with Gasteiger partial charge >= 0.3 is 0 Å². The number of nitrogens with zero attached hydrogens (tertiary/aromatic N) is 1. The molecule has 2 aromatic rings. The van der Waals surface area contributed by atoms with Gasteiger partial charge in [-0.1, -0.05) is 30.3 Å². The third-order valence-electron chi connectivity index (χ3n) is 5.16. The minimum Gasteiger partial charge on any atom is -0.507 e. The molecule has 2 saturated heterocycles. The number of ether oxygens (including phenoxy) is 1. The summed E-state index contributed by atoms with van der Waals surface area (Å²) < 4.78 is 5.69. The number of aliphatic hydroxyl groups excluding tert-OH is 1. The lowest BCUT2D eigenvalue weighted by molar-refractivity contribution is -0.140. The Hall–Kier alpha value is -2.44. The minimum atomic E-state index is -0.632. The topological polar surface area (TPSA) is 66.8 Å². The maximum atomic E-state index is 12.9. The number of thiophene rings is 1. The van der Waals surface area contributed by atoms with Crippen LogP contribution in [0.1, 0.15) is 34.9 Å². The van der Waals surface area contributed by atoms with E-state index in [-0.39, 0.29) is 17.4 Å². The van der Waals surface area contributed by atoms with Crippen molar-refractivity contribution in [2.45, 2.75) is 31.9 Å². The summed E-state index contributed by atoms with van der Waals surface area (Å²) in [6, 6.07) is 10.3. The van der Waals surface area contributed by atoms with Gasteiger partial charge in [-0.2, -0.15) is 0 Å². The van der Waals surface area contributed by atoms with Crippen molar-refractivity contribution in [2.75, 3.05) is 13.2 Å². The molecule has 27 heavy (non-hydrogen) atoms. The van der Waals surface area contributed by atoms with E-state index in [1.165, 1.54) is 11.3 Å². The maximum absolute atomic E-state index is 12.9. The van der Waals surface area contributed by atoms with Crippen LogP contribution in [0.25, 0.3) is 5.76 Å². The van der Waals surface area contributed by atoms with Crippen LogP contribution in [-0.2, 0) is 14.3 Å². The molecule has 3 heterocycles. The fraction of sp³-hybridized carbons (Fsp3) is 0.333. The fourth-order valence-electron chi connectivity index (χ4n) is 3.76. The Morgan fingerprint density at radius 1 is 1.26 bits per heavy atom. The average Bonchev–Trinajstić information content (AvgIpc) is 3.39. The highest BCUT2D eigenvalue weighted by Gasteiger charge is 2.47. The van der Waals surface area contributed by atoms with Crippen LogP contribution in [0.15, 0.2) is 47.4 Å². The van der Waals surface area contributed by atoms with E-state index >= 15 is 0 Å². The molecular weight excluding hydrogens is 362 g/mol. The molecule has 2 atom stereocenters. The molecule has 2 aliphatic rings. The van der Waals surface area contributed by atoms with Gasteiger partial charge in [0, 0.05) is 23.6 Å². The molecular formula is C21H21NO4S. The monoisotopic (exact) mass is 383 g/mol. The highest BCUT2D eigenvalue weighted by molar-refractivity contribution is 7.10. The van der Waals surface area contributed by atoms with Crippen LogP contribution in [0.5, 0.6) is 0 Å². The van der Waals surface area contributed by atoms with Crippen molar-refractivity contribution in [1.29, 1.82) is 0 Å². The van der Waals surface area contributed by atoms with Crippen LogP contribution in [0.2, 0.25) is 0 Å². The van der Waals surface area contributed by atoms with Gasteiger partial charge < -0.3 is 14.7 Å². The van der Waals surface area contributed by atoms with Crippen LogP contribution in [0, 0.1) is 6.92 Å². The highest BCUT2D eigenvalue weighted by atomic mass is 32.1. The summed E-state index contributed by atoms with van der Waals surface area (Å²) in [4.78, 5) is 28.2. The van der Waals surface area contributed by atoms with E-state index in [0.717, 1.165) is 23.3 Å². The van der Waals surface area contributed by atoms with E-state index in [1.807, 2.05) is 24.4 Å². The first kappa shape index (κ1) is 17.9. The number of carbonyl (C=O) groups excluding carboxylic acids is 2. The van der Waals surface area contributed by atoms with Crippen LogP contribution < -0.4 is 0 Å². The van der Waals surface area contributed by atoms with Gasteiger partial charge in [0.25, 0.3) is 11.7 Å². The number of ketones is 1. The van der Waals surface area contributed by atoms with Gasteiger partial charge in [-0.3, -0.25) is 9.59 Å². The molecule has 0 aliphatic carbocycles. The Morgan fingerprint density at radius 3 is 2.67 bits per heavy atom. The van der Waals surface area contributed by atoms with Crippen LogP contribution in [-0.4, -0.2) is 41.0 Å². The van der Waals surface area contributed by atoms with E-state index in [1.54, 1.807) is 29.2 Å². The third-order valence-corrected chi connectivity index (χ3v) is 6.23. The molecule has 0 saturated carbocycles. The zero-order valence-corrected chi connectivity index (χ0v) is 15.9. The standard InChI is InChI=1S/C21H21NO4S/c1-13-9-11-27-20(13)17-16(18(23)14-6-3-2-4-7-14)19(24)21(25)22(17)12-15-8-5-10-26-15/h2-4,6-7,9,11,15,17,23H,5,8,10,12H2,1H3. The Kier molecular flexibility index (Phi) is 4.85. The van der Waals surface area contributed by atoms with Gasteiger partial charge in [0.2, 0.25) is 0 Å². The Morgan fingerprint density at radius 2 is 2.04 bits per heavy atom. The maximum Gasteiger partial charge on any atom is 0.295 e. The zero-order chi connectivity index (χ0) is 19.0. The van der Waals surface area contributed by atoms with Crippen molar-refractivity contribution in [3.05, 3.63) is 63.4 Å². The summed E-state index contributed by atoms with van der Waals surface area (Å²) in [5.74, 6) is -1.32. The lowest BCUT2D eigenvalue weighted by Gasteiger charge is -2.27. The van der Waals surface area contributed by atoms with Crippen molar-refractivity contribution in [1.82, 2.24) is 4.90 Å². The summed E-state index contributed by atoms with van der Waals surface area (Å²) in [7, 11) is 0. The molecule has 1 aromatic carbocycles. The predicted octanol–water partition coefficient (Wildman–Crippen LogP) is 3.66. The van der Waals surface area contributed by atoms with Gasteiger partial charge in [0.1, 0.15) is 5.76 Å². The summed E-state index contributed by atoms with van der Waals surface area (Å²) in [6.45, 7) is 3.00. The van der Waals surface area contributed by atoms with Crippen molar-refractivity contribution in [2.24, 2.45) is 0 Å². The normalized spacial score (nSPS) is 24.7. The average molecular weight is 383 g/mol. The molecule has 2 fully saturated rings. The second-order valence-corrected chi connectivity index (χ2v) is 7.87. The number of carbonyl (C=O) groups is 2. The SMILES string of the molecule is Cc1ccsc1C1C(=C(O)c2ccccc2)C(=O)C(=O)N1CC1CCCO1. The second kappa shape index (κ2) is 7.29. The summed E-state index contributed by atoms with van der Waals surface area (Å²) in [5, 5.41) is 12.8. The van der Waals surface area contributed by atoms with Crippen molar-refractivity contribution in [3.63, 3.8) is 0 Å². The fourth-order valence-corrected chi connectivity index (χ4v) is 4.81. The summed E-state index contributed by atoms with van der Waals surface area (Å²) in [6.07, 6.45) is 1.77. The molecule has 0 radical (unpaired) electrons. The quantitative estimate of drug-likeness (QED) is 0.497. The minimum absolute atomic E-state index is 0.0669. The lowest BCUT2D eigenvalue weighted by atomic mass is 9.98. The van der Waals surface area contributed by atoms with Gasteiger partial charge in [-0.05, 0) is 36.8 Å². The number of aliphatic hydroxyl groups is 1. The molecule has 6 heteroatoms. The number of rotatable bonds is 4. The molecule has 1 N–H and O–H groups in total. The van der Waals surface area contributed by atoms with Crippen LogP contribution in [0.4, 0.5) is 0 Å². The van der Waals surface area contributed by atoms with Crippen LogP contribution >= 0.6 is 11.3 Å². The first-order valence-corrected chi connectivity index (χ1v) is 9.95. The second-order valence-electron chi connectivity index (χ2n) is 6.92. The van der Waals surface area contributed by atoms with Crippen molar-refractivity contribution in [3.8, 4) is 0 Å². The number of likely N-dealkylation sites (tertiary alicyclic amines) is 1. The van der Waals surface area contributed by atoms with Crippen LogP contribution in [0.3, 0.4) is 0 Å². The first-order valence-electron chi connectivity index (χ1n) is 9.07. The van der Waals surface area contributed by atoms with Gasteiger partial charge in [0.05, 0.1) is 17.7 Å². The number of Topliss-reactive ketones (excluding diaryl/α,β-unsaturated/α-hetero) is 1. The Labute approximate surface area is 161 Å². The molecule has 4 rings (SSSR count). The zero-order valence-electron chi connectivity index (χ0n) is 15.1. The molecule has 0 spiro atoms. The van der Waals surface area contributed by atoms with E-state index in [9.17, 15) is 14.7 Å². The van der Waals surface area contributed by atoms with E-state index in [0.29, 0.717) is 18.7 Å². The molecule has 0 bridgehead atoms. The largest absolute Gasteiger partial charge is 0.507 e. The number of amides is 1. The molecule has 2 aliphatic heterocycles. The number of hydrogen-bond acceptors (Lipinski definition) is 5. The van der Waals surface area contributed by atoms with E-state index in [2.05, 4.69) is 0 Å². The molecule has 140 valence electrons. The molecule has 2 unspecified atom stereocenters. The van der Waals surface area contributed by atoms with Gasteiger partial charge in [-0.15, -0.1) is 11.3 Å². The van der Waals surface area contributed by atoms with Gasteiger partial charge in [0.15, 0.2) is 0 Å². The van der Waals surface area contributed by atoms with Gasteiger partial charge in [-0.25, -0.2) is 0 Å². The Balaban J connectivity index is 1.82. The number of aryl methyl sites for hydroxylation is 1. The smallest absolute Gasteiger partial charge is 0.295 e. The van der Waals surface area contributed by atoms with Crippen molar-refractivity contribution >= 4 is 28.8 Å². The summed E-state index contributed by atoms with van der Waals surface area (Å²) in [5.41, 5.74) is 1.70. The van der Waals surface area contributed by atoms with Crippen molar-refractivity contribution < 1.29 is 19.4 Å². The molecule has 5 nitrogen and oxygen atoms in total. The highest BCUT2D eigenvalue weighted by Crippen LogP contribution is 2.42. The molecule has 1 amide bonds. The third kappa shape index (κ3) is 3.19. The van der Waals surface area contributed by atoms with E-state index < -0.39 is 17.7 Å².